The molecule has 0 bridgehead atoms. The minimum Gasteiger partial charge on any atom is -0.466 e. The molecule has 1 aromatic carbocycles. The van der Waals surface area contributed by atoms with Gasteiger partial charge < -0.3 is 9.73 Å². The van der Waals surface area contributed by atoms with E-state index in [4.69, 9.17) is 16.0 Å². The topological polar surface area (TPSA) is 25.2 Å². The smallest absolute Gasteiger partial charge is 0.141 e. The second-order valence-corrected chi connectivity index (χ2v) is 5.72. The molecule has 0 radical (unpaired) electrons. The minimum atomic E-state index is -0.382. The number of nitrogens with one attached hydrogen (secondary N) is 1. The molecule has 2 rings (SSSR count). The molecule has 1 aromatic heterocycles. The quantitative estimate of drug-likeness (QED) is 0.850. The molecule has 0 amide bonds. The minimum absolute atomic E-state index is 0.133. The number of hydrogen-bond donors (Lipinski definition) is 1. The summed E-state index contributed by atoms with van der Waals surface area (Å²) in [5, 5.41) is 3.65. The van der Waals surface area contributed by atoms with Crippen LogP contribution in [0.15, 0.2) is 22.6 Å². The Labute approximate surface area is 130 Å². The van der Waals surface area contributed by atoms with Crippen LogP contribution in [0.3, 0.4) is 0 Å². The molecule has 21 heavy (non-hydrogen) atoms. The maximum Gasteiger partial charge on any atom is 0.141 e. The molecule has 1 atom stereocenters. The summed E-state index contributed by atoms with van der Waals surface area (Å²) in [7, 11) is 0. The van der Waals surface area contributed by atoms with Crippen molar-refractivity contribution in [1.29, 1.82) is 0 Å². The standard InChI is InChI=1S/C17H21ClFNO/c1-5-20-16(17-10(2)11(3)21-12(17)4)9-13-6-7-15(19)14(18)8-13/h6-8,16,20H,5,9H2,1-4H3. The van der Waals surface area contributed by atoms with Crippen molar-refractivity contribution in [3.63, 3.8) is 0 Å². The van der Waals surface area contributed by atoms with Crippen LogP contribution >= 0.6 is 11.6 Å². The lowest BCUT2D eigenvalue weighted by Crippen LogP contribution is -2.24. The van der Waals surface area contributed by atoms with Crippen LogP contribution in [0.1, 0.15) is 41.2 Å². The average molecular weight is 310 g/mol. The summed E-state index contributed by atoms with van der Waals surface area (Å²) in [5.41, 5.74) is 3.37. The monoisotopic (exact) mass is 309 g/mol. The second kappa shape index (κ2) is 6.63. The molecule has 0 aliphatic rings. The molecular weight excluding hydrogens is 289 g/mol. The van der Waals surface area contributed by atoms with Gasteiger partial charge in [-0.05, 0) is 57.0 Å². The van der Waals surface area contributed by atoms with Gasteiger partial charge >= 0.3 is 0 Å². The molecule has 0 saturated heterocycles. The van der Waals surface area contributed by atoms with Gasteiger partial charge in [0.25, 0.3) is 0 Å². The van der Waals surface area contributed by atoms with E-state index in [9.17, 15) is 4.39 Å². The third-order valence-electron chi connectivity index (χ3n) is 3.84. The Balaban J connectivity index is 2.32. The molecule has 0 aliphatic carbocycles. The van der Waals surface area contributed by atoms with Crippen LogP contribution in [-0.4, -0.2) is 6.54 Å². The Morgan fingerprint density at radius 3 is 2.48 bits per heavy atom. The number of likely N-dealkylation sites (N-methyl/N-ethyl adjacent to an activating group) is 1. The van der Waals surface area contributed by atoms with E-state index in [1.54, 1.807) is 12.1 Å². The van der Waals surface area contributed by atoms with Crippen LogP contribution in [0, 0.1) is 26.6 Å². The van der Waals surface area contributed by atoms with E-state index in [0.717, 1.165) is 30.0 Å². The number of benzene rings is 1. The Hall–Kier alpha value is -1.32. The van der Waals surface area contributed by atoms with Crippen LogP contribution in [0.2, 0.25) is 5.02 Å². The summed E-state index contributed by atoms with van der Waals surface area (Å²) < 4.78 is 19.0. The molecule has 1 unspecified atom stereocenters. The zero-order chi connectivity index (χ0) is 15.6. The number of rotatable bonds is 5. The predicted molar refractivity (Wildman–Crippen MR) is 84.5 cm³/mol. The summed E-state index contributed by atoms with van der Waals surface area (Å²) in [6, 6.07) is 5.03. The van der Waals surface area contributed by atoms with Crippen molar-refractivity contribution >= 4 is 11.6 Å². The third kappa shape index (κ3) is 3.47. The highest BCUT2D eigenvalue weighted by atomic mass is 35.5. The first-order chi connectivity index (χ1) is 9.93. The van der Waals surface area contributed by atoms with Crippen molar-refractivity contribution in [2.75, 3.05) is 6.54 Å². The van der Waals surface area contributed by atoms with Crippen molar-refractivity contribution < 1.29 is 8.81 Å². The van der Waals surface area contributed by atoms with E-state index in [1.165, 1.54) is 17.2 Å². The maximum absolute atomic E-state index is 13.3. The summed E-state index contributed by atoms with van der Waals surface area (Å²) >= 11 is 5.87. The zero-order valence-electron chi connectivity index (χ0n) is 12.9. The van der Waals surface area contributed by atoms with Gasteiger partial charge in [-0.1, -0.05) is 24.6 Å². The van der Waals surface area contributed by atoms with E-state index >= 15 is 0 Å². The van der Waals surface area contributed by atoms with Crippen molar-refractivity contribution in [3.05, 3.63) is 57.2 Å². The van der Waals surface area contributed by atoms with E-state index in [1.807, 2.05) is 13.8 Å². The fraction of sp³-hybridized carbons (Fsp3) is 0.412. The maximum atomic E-state index is 13.3. The molecule has 114 valence electrons. The fourth-order valence-corrected chi connectivity index (χ4v) is 2.95. The van der Waals surface area contributed by atoms with Crippen LogP contribution in [0.5, 0.6) is 0 Å². The molecule has 1 N–H and O–H groups in total. The van der Waals surface area contributed by atoms with Crippen LogP contribution in [-0.2, 0) is 6.42 Å². The van der Waals surface area contributed by atoms with E-state index < -0.39 is 0 Å². The molecule has 2 nitrogen and oxygen atoms in total. The molecule has 0 saturated carbocycles. The van der Waals surface area contributed by atoms with Crippen molar-refractivity contribution in [2.24, 2.45) is 0 Å². The van der Waals surface area contributed by atoms with Gasteiger partial charge in [0.2, 0.25) is 0 Å². The lowest BCUT2D eigenvalue weighted by atomic mass is 9.95. The molecule has 0 spiro atoms. The lowest BCUT2D eigenvalue weighted by molar-refractivity contribution is 0.484. The second-order valence-electron chi connectivity index (χ2n) is 5.32. The third-order valence-corrected chi connectivity index (χ3v) is 4.13. The fourth-order valence-electron chi connectivity index (χ4n) is 2.75. The molecular formula is C17H21ClFNO. The number of furan rings is 1. The predicted octanol–water partition coefficient (Wildman–Crippen LogP) is 4.89. The molecule has 2 aromatic rings. The lowest BCUT2D eigenvalue weighted by Gasteiger charge is -2.19. The summed E-state index contributed by atoms with van der Waals surface area (Å²) in [6.45, 7) is 8.95. The summed E-state index contributed by atoms with van der Waals surface area (Å²) in [5.74, 6) is 1.50. The number of hydrogen-bond acceptors (Lipinski definition) is 2. The van der Waals surface area contributed by atoms with Crippen molar-refractivity contribution in [3.8, 4) is 0 Å². The summed E-state index contributed by atoms with van der Waals surface area (Å²) in [6.07, 6.45) is 0.745. The SMILES string of the molecule is CCNC(Cc1ccc(F)c(Cl)c1)c1c(C)oc(C)c1C. The molecule has 4 heteroatoms. The van der Waals surface area contributed by atoms with Gasteiger partial charge in [-0.25, -0.2) is 4.39 Å². The Morgan fingerprint density at radius 2 is 1.95 bits per heavy atom. The van der Waals surface area contributed by atoms with Gasteiger partial charge in [0, 0.05) is 11.6 Å². The van der Waals surface area contributed by atoms with Gasteiger partial charge in [0.1, 0.15) is 17.3 Å². The average Bonchev–Trinajstić information content (AvgIpc) is 2.67. The van der Waals surface area contributed by atoms with Crippen LogP contribution in [0.25, 0.3) is 0 Å². The van der Waals surface area contributed by atoms with Gasteiger partial charge in [-0.15, -0.1) is 0 Å². The van der Waals surface area contributed by atoms with Gasteiger partial charge in [0.15, 0.2) is 0 Å². The highest BCUT2D eigenvalue weighted by Crippen LogP contribution is 2.30. The highest BCUT2D eigenvalue weighted by molar-refractivity contribution is 6.30. The Morgan fingerprint density at radius 1 is 1.24 bits per heavy atom. The Bertz CT molecular complexity index is 636. The number of halogens is 2. The largest absolute Gasteiger partial charge is 0.466 e. The van der Waals surface area contributed by atoms with Crippen LogP contribution < -0.4 is 5.32 Å². The van der Waals surface area contributed by atoms with Gasteiger partial charge in [-0.2, -0.15) is 0 Å². The molecule has 0 aliphatic heterocycles. The van der Waals surface area contributed by atoms with Gasteiger partial charge in [0.05, 0.1) is 5.02 Å². The highest BCUT2D eigenvalue weighted by Gasteiger charge is 2.21. The molecule has 0 fully saturated rings. The summed E-state index contributed by atoms with van der Waals surface area (Å²) in [4.78, 5) is 0. The number of aryl methyl sites for hydroxylation is 2. The first kappa shape index (κ1) is 16.1. The normalized spacial score (nSPS) is 12.7. The van der Waals surface area contributed by atoms with E-state index in [-0.39, 0.29) is 16.9 Å². The van der Waals surface area contributed by atoms with Crippen molar-refractivity contribution in [2.45, 2.75) is 40.2 Å². The van der Waals surface area contributed by atoms with Crippen molar-refractivity contribution in [1.82, 2.24) is 5.32 Å². The van der Waals surface area contributed by atoms with E-state index in [2.05, 4.69) is 19.2 Å². The van der Waals surface area contributed by atoms with Gasteiger partial charge in [-0.3, -0.25) is 0 Å². The zero-order valence-corrected chi connectivity index (χ0v) is 13.6. The first-order valence-electron chi connectivity index (χ1n) is 7.17. The first-order valence-corrected chi connectivity index (χ1v) is 7.55. The molecule has 1 heterocycles. The van der Waals surface area contributed by atoms with Crippen LogP contribution in [0.4, 0.5) is 4.39 Å². The van der Waals surface area contributed by atoms with E-state index in [0.29, 0.717) is 0 Å². The Kier molecular flexibility index (Phi) is 5.07.